The van der Waals surface area contributed by atoms with Crippen LogP contribution in [0.25, 0.3) is 17.0 Å². The van der Waals surface area contributed by atoms with Crippen molar-refractivity contribution in [3.63, 3.8) is 0 Å². The number of hydrogen-bond donors (Lipinski definition) is 2. The number of aromatic nitrogens is 1. The van der Waals surface area contributed by atoms with Gasteiger partial charge < -0.3 is 19.8 Å². The minimum Gasteiger partial charge on any atom is -0.497 e. The molecule has 2 heterocycles. The molecule has 0 atom stereocenters. The highest BCUT2D eigenvalue weighted by atomic mass is 32.2. The molecule has 1 aromatic heterocycles. The maximum atomic E-state index is 12.8. The molecule has 2 aromatic carbocycles. The molecule has 1 saturated heterocycles. The molecule has 0 bridgehead atoms. The fourth-order valence-corrected chi connectivity index (χ4v) is 4.99. The molecular weight excluding hydrogens is 470 g/mol. The second kappa shape index (κ2) is 10.8. The van der Waals surface area contributed by atoms with Crippen LogP contribution < -0.4 is 14.8 Å². The maximum absolute atomic E-state index is 12.8. The summed E-state index contributed by atoms with van der Waals surface area (Å²) in [5.41, 5.74) is 3.01. The number of aromatic amines is 1. The Kier molecular flexibility index (Phi) is 7.54. The van der Waals surface area contributed by atoms with Gasteiger partial charge in [0.2, 0.25) is 5.91 Å². The smallest absolute Gasteiger partial charge is 0.266 e. The second-order valence-corrected chi connectivity index (χ2v) is 9.36. The van der Waals surface area contributed by atoms with E-state index in [1.807, 2.05) is 48.7 Å². The zero-order chi connectivity index (χ0) is 24.1. The Labute approximate surface area is 207 Å². The number of ether oxygens (including phenoxy) is 2. The summed E-state index contributed by atoms with van der Waals surface area (Å²) >= 11 is 6.62. The summed E-state index contributed by atoms with van der Waals surface area (Å²) in [6.07, 6.45) is 4.64. The van der Waals surface area contributed by atoms with E-state index in [1.165, 1.54) is 16.7 Å². The van der Waals surface area contributed by atoms with Gasteiger partial charge in [0.25, 0.3) is 5.91 Å². The van der Waals surface area contributed by atoms with Crippen molar-refractivity contribution in [2.24, 2.45) is 0 Å². The first-order valence-electron chi connectivity index (χ1n) is 10.8. The number of methoxy groups -OCH3 is 2. The zero-order valence-corrected chi connectivity index (χ0v) is 20.6. The Morgan fingerprint density at radius 3 is 2.62 bits per heavy atom. The average molecular weight is 496 g/mol. The van der Waals surface area contributed by atoms with Crippen LogP contribution in [0.15, 0.2) is 53.6 Å². The predicted molar refractivity (Wildman–Crippen MR) is 139 cm³/mol. The van der Waals surface area contributed by atoms with Crippen LogP contribution in [0.4, 0.5) is 0 Å². The number of amides is 2. The summed E-state index contributed by atoms with van der Waals surface area (Å²) in [5.74, 6) is 1.26. The molecule has 0 saturated carbocycles. The molecular formula is C25H25N3O4S2. The van der Waals surface area contributed by atoms with E-state index in [9.17, 15) is 9.59 Å². The van der Waals surface area contributed by atoms with Crippen LogP contribution in [0.2, 0.25) is 0 Å². The van der Waals surface area contributed by atoms with Gasteiger partial charge in [0.05, 0.1) is 19.1 Å². The third kappa shape index (κ3) is 5.43. The highest BCUT2D eigenvalue weighted by molar-refractivity contribution is 8.26. The van der Waals surface area contributed by atoms with Crippen molar-refractivity contribution in [3.8, 4) is 11.5 Å². The van der Waals surface area contributed by atoms with Gasteiger partial charge in [-0.1, -0.05) is 36.1 Å². The Hall–Kier alpha value is -3.30. The minimum absolute atomic E-state index is 0.116. The van der Waals surface area contributed by atoms with Crippen LogP contribution in [-0.2, 0) is 16.0 Å². The summed E-state index contributed by atoms with van der Waals surface area (Å²) in [6.45, 7) is 0.761. The van der Waals surface area contributed by atoms with Gasteiger partial charge in [0.1, 0.15) is 15.8 Å². The third-order valence-electron chi connectivity index (χ3n) is 5.54. The molecule has 0 unspecified atom stereocenters. The molecule has 176 valence electrons. The van der Waals surface area contributed by atoms with E-state index in [2.05, 4.69) is 10.3 Å². The fourth-order valence-electron chi connectivity index (χ4n) is 3.68. The molecule has 7 nitrogen and oxygen atoms in total. The first-order valence-corrected chi connectivity index (χ1v) is 12.0. The number of nitrogens with one attached hydrogen (secondary N) is 2. The number of H-pyrrole nitrogens is 1. The molecule has 2 N–H and O–H groups in total. The van der Waals surface area contributed by atoms with Crippen LogP contribution >= 0.6 is 24.0 Å². The molecule has 1 aliphatic rings. The number of thioether (sulfide) groups is 1. The summed E-state index contributed by atoms with van der Waals surface area (Å²) in [6, 6.07) is 13.3. The van der Waals surface area contributed by atoms with Crippen LogP contribution in [-0.4, -0.2) is 53.3 Å². The molecule has 9 heteroatoms. The van der Waals surface area contributed by atoms with Gasteiger partial charge >= 0.3 is 0 Å². The highest BCUT2D eigenvalue weighted by Gasteiger charge is 2.32. The standard InChI is InChI=1S/C25H25N3O4S2/c1-31-18-5-3-16(4-6-18)13-22-24(30)28(25(33)34-22)12-10-23(29)26-11-9-17-15-27-21-14-19(32-2)7-8-20(17)21/h3-8,13-15,27H,9-12H2,1-2H3,(H,26,29)/b22-13-. The van der Waals surface area contributed by atoms with E-state index >= 15 is 0 Å². The van der Waals surface area contributed by atoms with Crippen LogP contribution in [0, 0.1) is 0 Å². The maximum Gasteiger partial charge on any atom is 0.266 e. The normalized spacial score (nSPS) is 14.8. The van der Waals surface area contributed by atoms with E-state index in [0.29, 0.717) is 22.2 Å². The first kappa shape index (κ1) is 23.8. The lowest BCUT2D eigenvalue weighted by atomic mass is 10.1. The minimum atomic E-state index is -0.173. The molecule has 4 rings (SSSR count). The molecule has 34 heavy (non-hydrogen) atoms. The van der Waals surface area contributed by atoms with Crippen molar-refractivity contribution in [2.45, 2.75) is 12.8 Å². The predicted octanol–water partition coefficient (Wildman–Crippen LogP) is 4.14. The van der Waals surface area contributed by atoms with Crippen molar-refractivity contribution in [1.82, 2.24) is 15.2 Å². The highest BCUT2D eigenvalue weighted by Crippen LogP contribution is 2.32. The van der Waals surface area contributed by atoms with Crippen LogP contribution in [0.3, 0.4) is 0 Å². The molecule has 1 aliphatic heterocycles. The van der Waals surface area contributed by atoms with Crippen molar-refractivity contribution in [3.05, 3.63) is 64.7 Å². The molecule has 0 aliphatic carbocycles. The van der Waals surface area contributed by atoms with E-state index in [-0.39, 0.29) is 24.8 Å². The van der Waals surface area contributed by atoms with Gasteiger partial charge in [-0.15, -0.1) is 0 Å². The number of fused-ring (bicyclic) bond motifs is 1. The van der Waals surface area contributed by atoms with E-state index in [4.69, 9.17) is 21.7 Å². The topological polar surface area (TPSA) is 83.7 Å². The number of hydrogen-bond acceptors (Lipinski definition) is 6. The lowest BCUT2D eigenvalue weighted by Gasteiger charge is -2.14. The number of benzene rings is 2. The van der Waals surface area contributed by atoms with Gasteiger partial charge in [-0.05, 0) is 47.9 Å². The summed E-state index contributed by atoms with van der Waals surface area (Å²) < 4.78 is 10.9. The Morgan fingerprint density at radius 1 is 1.15 bits per heavy atom. The zero-order valence-electron chi connectivity index (χ0n) is 18.9. The van der Waals surface area contributed by atoms with Crippen LogP contribution in [0.1, 0.15) is 17.5 Å². The van der Waals surface area contributed by atoms with Gasteiger partial charge in [0.15, 0.2) is 0 Å². The number of nitrogens with zero attached hydrogens (tertiary/aromatic N) is 1. The lowest BCUT2D eigenvalue weighted by molar-refractivity contribution is -0.123. The number of carbonyl (C=O) groups excluding carboxylic acids is 2. The number of thiocarbonyl (C=S) groups is 1. The van der Waals surface area contributed by atoms with Crippen molar-refractivity contribution in [1.29, 1.82) is 0 Å². The van der Waals surface area contributed by atoms with E-state index < -0.39 is 0 Å². The Bertz CT molecular complexity index is 1250. The van der Waals surface area contributed by atoms with Crippen molar-refractivity contribution >= 4 is 57.1 Å². The monoisotopic (exact) mass is 495 g/mol. The van der Waals surface area contributed by atoms with Crippen LogP contribution in [0.5, 0.6) is 11.5 Å². The van der Waals surface area contributed by atoms with Crippen molar-refractivity contribution < 1.29 is 19.1 Å². The van der Waals surface area contributed by atoms with Gasteiger partial charge in [-0.3, -0.25) is 14.5 Å². The number of carbonyl (C=O) groups is 2. The Morgan fingerprint density at radius 2 is 1.88 bits per heavy atom. The quantitative estimate of drug-likeness (QED) is 0.343. The van der Waals surface area contributed by atoms with Gasteiger partial charge in [-0.2, -0.15) is 0 Å². The molecule has 0 radical (unpaired) electrons. The van der Waals surface area contributed by atoms with Gasteiger partial charge in [0, 0.05) is 42.7 Å². The third-order valence-corrected chi connectivity index (χ3v) is 6.92. The second-order valence-electron chi connectivity index (χ2n) is 7.68. The first-order chi connectivity index (χ1) is 16.5. The molecule has 3 aromatic rings. The SMILES string of the molecule is COc1ccc(/C=C2\SC(=S)N(CCC(=O)NCCc3c[nH]c4cc(OC)ccc34)C2=O)cc1. The Balaban J connectivity index is 1.27. The summed E-state index contributed by atoms with van der Waals surface area (Å²) in [4.78, 5) is 30.4. The van der Waals surface area contributed by atoms with E-state index in [1.54, 1.807) is 20.3 Å². The molecule has 0 spiro atoms. The summed E-state index contributed by atoms with van der Waals surface area (Å²) in [7, 11) is 3.25. The average Bonchev–Trinajstić information content (AvgIpc) is 3.37. The molecule has 2 amide bonds. The van der Waals surface area contributed by atoms with E-state index in [0.717, 1.165) is 33.5 Å². The van der Waals surface area contributed by atoms with Crippen molar-refractivity contribution in [2.75, 3.05) is 27.3 Å². The van der Waals surface area contributed by atoms with Gasteiger partial charge in [-0.25, -0.2) is 0 Å². The fraction of sp³-hybridized carbons (Fsp3) is 0.240. The number of rotatable bonds is 9. The lowest BCUT2D eigenvalue weighted by Crippen LogP contribution is -2.34. The summed E-state index contributed by atoms with van der Waals surface area (Å²) in [5, 5.41) is 4.04. The molecule has 1 fully saturated rings. The largest absolute Gasteiger partial charge is 0.497 e.